The summed E-state index contributed by atoms with van der Waals surface area (Å²) in [7, 11) is -1.41. The second kappa shape index (κ2) is 7.90. The third kappa shape index (κ3) is 4.27. The van der Waals surface area contributed by atoms with E-state index in [1.54, 1.807) is 18.9 Å². The number of rotatable bonds is 5. The van der Waals surface area contributed by atoms with E-state index in [4.69, 9.17) is 4.42 Å². The van der Waals surface area contributed by atoms with Gasteiger partial charge in [0.15, 0.2) is 0 Å². The van der Waals surface area contributed by atoms with Gasteiger partial charge in [-0.15, -0.1) is 0 Å². The second-order valence-electron chi connectivity index (χ2n) is 7.00. The van der Waals surface area contributed by atoms with Gasteiger partial charge in [-0.2, -0.15) is 0 Å². The molecule has 1 aromatic heterocycles. The van der Waals surface area contributed by atoms with Crippen LogP contribution in [0.15, 0.2) is 34.7 Å². The largest absolute Gasteiger partial charge is 0.459 e. The van der Waals surface area contributed by atoms with E-state index in [9.17, 15) is 13.2 Å². The number of nitrogens with one attached hydrogen (secondary N) is 1. The standard InChI is InChI=1S/C19H27N3O4S/c1-4-27(24,25)22-11-9-16(10-12-22)20-19(23)21(3)14(2)18-13-15-7-5-6-8-17(15)26-18/h5-8,13-14,16H,4,9-12H2,1-3H3,(H,20,23)/t14-/m0/s1. The Hall–Kier alpha value is -2.06. The average Bonchev–Trinajstić information content (AvgIpc) is 3.11. The van der Waals surface area contributed by atoms with Gasteiger partial charge in [-0.25, -0.2) is 17.5 Å². The number of sulfonamides is 1. The molecular weight excluding hydrogens is 366 g/mol. The van der Waals surface area contributed by atoms with Crippen LogP contribution < -0.4 is 5.32 Å². The van der Waals surface area contributed by atoms with Gasteiger partial charge in [-0.3, -0.25) is 0 Å². The van der Waals surface area contributed by atoms with Gasteiger partial charge in [0, 0.05) is 31.6 Å². The van der Waals surface area contributed by atoms with Gasteiger partial charge in [0.25, 0.3) is 0 Å². The Morgan fingerprint density at radius 1 is 1.33 bits per heavy atom. The Kier molecular flexibility index (Phi) is 5.76. The molecule has 1 aliphatic heterocycles. The van der Waals surface area contributed by atoms with Gasteiger partial charge in [0.2, 0.25) is 10.0 Å². The van der Waals surface area contributed by atoms with E-state index in [1.807, 2.05) is 37.3 Å². The molecule has 2 amide bonds. The van der Waals surface area contributed by atoms with Gasteiger partial charge >= 0.3 is 6.03 Å². The minimum Gasteiger partial charge on any atom is -0.459 e. The third-order valence-corrected chi connectivity index (χ3v) is 7.18. The van der Waals surface area contributed by atoms with Crippen LogP contribution in [0.1, 0.15) is 38.5 Å². The molecule has 0 saturated carbocycles. The molecule has 1 aliphatic rings. The average molecular weight is 394 g/mol. The minimum atomic E-state index is -3.15. The summed E-state index contributed by atoms with van der Waals surface area (Å²) in [4.78, 5) is 14.2. The first-order valence-electron chi connectivity index (χ1n) is 9.31. The number of fused-ring (bicyclic) bond motifs is 1. The van der Waals surface area contributed by atoms with Crippen molar-refractivity contribution in [1.29, 1.82) is 0 Å². The Morgan fingerprint density at radius 2 is 2.00 bits per heavy atom. The molecule has 0 aliphatic carbocycles. The lowest BCUT2D eigenvalue weighted by atomic mass is 10.1. The molecule has 27 heavy (non-hydrogen) atoms. The molecule has 0 radical (unpaired) electrons. The number of urea groups is 1. The van der Waals surface area contributed by atoms with Crippen molar-refractivity contribution < 1.29 is 17.6 Å². The van der Waals surface area contributed by atoms with Crippen molar-refractivity contribution in [2.24, 2.45) is 0 Å². The number of benzene rings is 1. The molecule has 148 valence electrons. The summed E-state index contributed by atoms with van der Waals surface area (Å²) < 4.78 is 31.2. The molecule has 2 aromatic rings. The Bertz CT molecular complexity index is 868. The van der Waals surface area contributed by atoms with Crippen LogP contribution in [0.4, 0.5) is 4.79 Å². The number of nitrogens with zero attached hydrogens (tertiary/aromatic N) is 2. The molecule has 8 heteroatoms. The maximum Gasteiger partial charge on any atom is 0.317 e. The molecule has 1 aromatic carbocycles. The number of hydrogen-bond donors (Lipinski definition) is 1. The van der Waals surface area contributed by atoms with Gasteiger partial charge < -0.3 is 14.6 Å². The molecule has 7 nitrogen and oxygen atoms in total. The first-order chi connectivity index (χ1) is 12.8. The van der Waals surface area contributed by atoms with Gasteiger partial charge in [0.05, 0.1) is 11.8 Å². The molecule has 1 fully saturated rings. The highest BCUT2D eigenvalue weighted by atomic mass is 32.2. The molecular formula is C19H27N3O4S. The quantitative estimate of drug-likeness (QED) is 0.847. The lowest BCUT2D eigenvalue weighted by Crippen LogP contribution is -2.50. The van der Waals surface area contributed by atoms with E-state index >= 15 is 0 Å². The fourth-order valence-electron chi connectivity index (χ4n) is 3.31. The predicted molar refractivity (Wildman–Crippen MR) is 105 cm³/mol. The first-order valence-corrected chi connectivity index (χ1v) is 10.9. The molecule has 0 spiro atoms. The number of para-hydroxylation sites is 1. The predicted octanol–water partition coefficient (Wildman–Crippen LogP) is 2.95. The van der Waals surface area contributed by atoms with Crippen LogP contribution in [-0.2, 0) is 10.0 Å². The summed E-state index contributed by atoms with van der Waals surface area (Å²) in [6.45, 7) is 4.47. The zero-order valence-corrected chi connectivity index (χ0v) is 16.8. The van der Waals surface area contributed by atoms with Crippen molar-refractivity contribution in [2.45, 2.75) is 38.8 Å². The van der Waals surface area contributed by atoms with Crippen molar-refractivity contribution in [3.05, 3.63) is 36.1 Å². The van der Waals surface area contributed by atoms with Gasteiger partial charge in [-0.1, -0.05) is 18.2 Å². The summed E-state index contributed by atoms with van der Waals surface area (Å²) in [5, 5.41) is 4.03. The van der Waals surface area contributed by atoms with Gasteiger partial charge in [-0.05, 0) is 38.8 Å². The van der Waals surface area contributed by atoms with Crippen LogP contribution in [-0.4, -0.2) is 55.6 Å². The summed E-state index contributed by atoms with van der Waals surface area (Å²) in [6.07, 6.45) is 1.25. The molecule has 2 heterocycles. The van der Waals surface area contributed by atoms with Crippen LogP contribution in [0.2, 0.25) is 0 Å². The summed E-state index contributed by atoms with van der Waals surface area (Å²) >= 11 is 0. The zero-order chi connectivity index (χ0) is 19.6. The van der Waals surface area contributed by atoms with Crippen molar-refractivity contribution in [3.63, 3.8) is 0 Å². The topological polar surface area (TPSA) is 82.9 Å². The van der Waals surface area contributed by atoms with E-state index in [2.05, 4.69) is 5.32 Å². The molecule has 0 bridgehead atoms. The highest BCUT2D eigenvalue weighted by molar-refractivity contribution is 7.89. The van der Waals surface area contributed by atoms with Crippen molar-refractivity contribution in [3.8, 4) is 0 Å². The van der Waals surface area contributed by atoms with Crippen LogP contribution in [0.3, 0.4) is 0 Å². The molecule has 3 rings (SSSR count). The van der Waals surface area contributed by atoms with E-state index in [0.29, 0.717) is 25.9 Å². The summed E-state index contributed by atoms with van der Waals surface area (Å²) in [5.41, 5.74) is 0.803. The third-order valence-electron chi connectivity index (χ3n) is 5.30. The fraction of sp³-hybridized carbons (Fsp3) is 0.526. The monoisotopic (exact) mass is 393 g/mol. The highest BCUT2D eigenvalue weighted by Gasteiger charge is 2.29. The number of amides is 2. The Labute approximate surface area is 160 Å². The van der Waals surface area contributed by atoms with Crippen LogP contribution >= 0.6 is 0 Å². The van der Waals surface area contributed by atoms with Crippen molar-refractivity contribution in [2.75, 3.05) is 25.9 Å². The fourth-order valence-corrected chi connectivity index (χ4v) is 4.44. The Morgan fingerprint density at radius 3 is 2.63 bits per heavy atom. The molecule has 1 N–H and O–H groups in total. The maximum absolute atomic E-state index is 12.6. The first kappa shape index (κ1) is 19.7. The molecule has 1 saturated heterocycles. The minimum absolute atomic E-state index is 0.0221. The maximum atomic E-state index is 12.6. The molecule has 0 unspecified atom stereocenters. The van der Waals surface area contributed by atoms with Crippen LogP contribution in [0.25, 0.3) is 11.0 Å². The summed E-state index contributed by atoms with van der Waals surface area (Å²) in [5.74, 6) is 0.847. The zero-order valence-electron chi connectivity index (χ0n) is 16.0. The number of carbonyl (C=O) groups is 1. The summed E-state index contributed by atoms with van der Waals surface area (Å²) in [6, 6.07) is 9.30. The SMILES string of the molecule is CCS(=O)(=O)N1CCC(NC(=O)N(C)[C@@H](C)c2cc3ccccc3o2)CC1. The lowest BCUT2D eigenvalue weighted by Gasteiger charge is -2.33. The molecule has 1 atom stereocenters. The number of carbonyl (C=O) groups excluding carboxylic acids is 1. The van der Waals surface area contributed by atoms with Crippen molar-refractivity contribution in [1.82, 2.24) is 14.5 Å². The van der Waals surface area contributed by atoms with Crippen molar-refractivity contribution >= 4 is 27.0 Å². The van der Waals surface area contributed by atoms with E-state index in [0.717, 1.165) is 16.7 Å². The van der Waals surface area contributed by atoms with E-state index < -0.39 is 10.0 Å². The van der Waals surface area contributed by atoms with E-state index in [-0.39, 0.29) is 23.9 Å². The van der Waals surface area contributed by atoms with E-state index in [1.165, 1.54) is 4.31 Å². The number of furan rings is 1. The lowest BCUT2D eigenvalue weighted by molar-refractivity contribution is 0.178. The second-order valence-corrected chi connectivity index (χ2v) is 9.25. The number of hydrogen-bond acceptors (Lipinski definition) is 4. The smallest absolute Gasteiger partial charge is 0.317 e. The van der Waals surface area contributed by atoms with Gasteiger partial charge in [0.1, 0.15) is 11.3 Å². The van der Waals surface area contributed by atoms with Crippen LogP contribution in [0, 0.1) is 0 Å². The normalized spacial score (nSPS) is 17.7. The Balaban J connectivity index is 1.58. The highest BCUT2D eigenvalue weighted by Crippen LogP contribution is 2.26. The number of piperidine rings is 1. The van der Waals surface area contributed by atoms with Crippen LogP contribution in [0.5, 0.6) is 0 Å².